The molecule has 1 amide bonds. The first-order valence-electron chi connectivity index (χ1n) is 8.71. The van der Waals surface area contributed by atoms with Crippen LogP contribution in [0.1, 0.15) is 23.6 Å². The second-order valence-electron chi connectivity index (χ2n) is 5.90. The van der Waals surface area contributed by atoms with Crippen LogP contribution in [0, 0.1) is 0 Å². The first kappa shape index (κ1) is 18.7. The lowest BCUT2D eigenvalue weighted by Crippen LogP contribution is -2.29. The molecule has 0 bridgehead atoms. The Kier molecular flexibility index (Phi) is 6.25. The number of nitrogens with one attached hydrogen (secondary N) is 3. The third-order valence-electron chi connectivity index (χ3n) is 4.21. The zero-order chi connectivity index (χ0) is 19.1. The number of fused-ring (bicyclic) bond motifs is 1. The molecule has 0 fully saturated rings. The highest BCUT2D eigenvalue weighted by Crippen LogP contribution is 2.39. The van der Waals surface area contributed by atoms with Crippen molar-refractivity contribution >= 4 is 12.1 Å². The number of anilines is 1. The molecule has 0 spiro atoms. The summed E-state index contributed by atoms with van der Waals surface area (Å²) in [6.07, 6.45) is -0.0140. The summed E-state index contributed by atoms with van der Waals surface area (Å²) in [6.45, 7) is 0. The summed E-state index contributed by atoms with van der Waals surface area (Å²) < 4.78 is 12.0. The standard InChI is InChI=1S/C21H23N3O3/c1-22-20(23-2)16-12-11-15(13-17(16)24-14-25)21-26-18-9-7-5-3-4-6-8-10-19(18)27-21/h3-14,20-23H,1-2H3,(H,24,25). The maximum Gasteiger partial charge on any atom is 0.268 e. The first-order valence-corrected chi connectivity index (χ1v) is 8.71. The van der Waals surface area contributed by atoms with Gasteiger partial charge in [-0.15, -0.1) is 0 Å². The normalized spacial score (nSPS) is 12.6. The van der Waals surface area contributed by atoms with Gasteiger partial charge in [0.1, 0.15) is 0 Å². The van der Waals surface area contributed by atoms with E-state index in [0.29, 0.717) is 23.6 Å². The van der Waals surface area contributed by atoms with Crippen LogP contribution < -0.4 is 25.4 Å². The predicted molar refractivity (Wildman–Crippen MR) is 105 cm³/mol. The van der Waals surface area contributed by atoms with Gasteiger partial charge in [0.25, 0.3) is 6.29 Å². The first-order chi connectivity index (χ1) is 13.3. The largest absolute Gasteiger partial charge is 0.447 e. The second kappa shape index (κ2) is 9.02. The molecule has 2 aromatic rings. The number of rotatable bonds is 6. The molecule has 1 aliphatic rings. The van der Waals surface area contributed by atoms with E-state index in [1.807, 2.05) is 80.8 Å². The van der Waals surface area contributed by atoms with Gasteiger partial charge >= 0.3 is 0 Å². The highest BCUT2D eigenvalue weighted by atomic mass is 16.7. The van der Waals surface area contributed by atoms with Crippen molar-refractivity contribution < 1.29 is 14.3 Å². The molecule has 0 saturated heterocycles. The van der Waals surface area contributed by atoms with E-state index >= 15 is 0 Å². The molecule has 1 heterocycles. The molecule has 6 nitrogen and oxygen atoms in total. The molecule has 140 valence electrons. The highest BCUT2D eigenvalue weighted by molar-refractivity contribution is 5.74. The van der Waals surface area contributed by atoms with Crippen LogP contribution in [0.4, 0.5) is 5.69 Å². The zero-order valence-corrected chi connectivity index (χ0v) is 15.3. The maximum atomic E-state index is 11.1. The average Bonchev–Trinajstić information content (AvgIpc) is 3.10. The molecular weight excluding hydrogens is 342 g/mol. The molecule has 0 aliphatic carbocycles. The minimum Gasteiger partial charge on any atom is -0.447 e. The van der Waals surface area contributed by atoms with Crippen molar-refractivity contribution in [3.63, 3.8) is 0 Å². The summed E-state index contributed by atoms with van der Waals surface area (Å²) in [7, 11) is 3.69. The SMILES string of the molecule is CNC(NC)c1ccc(C2Oc3ccccccccc3O2)cc1NC=O. The smallest absolute Gasteiger partial charge is 0.268 e. The average molecular weight is 365 g/mol. The fourth-order valence-corrected chi connectivity index (χ4v) is 2.91. The highest BCUT2D eigenvalue weighted by Gasteiger charge is 2.26. The van der Waals surface area contributed by atoms with Crippen LogP contribution in [0.3, 0.4) is 0 Å². The monoisotopic (exact) mass is 365 g/mol. The van der Waals surface area contributed by atoms with Crippen molar-refractivity contribution in [2.24, 2.45) is 0 Å². The summed E-state index contributed by atoms with van der Waals surface area (Å²) in [6, 6.07) is 21.0. The topological polar surface area (TPSA) is 71.6 Å². The summed E-state index contributed by atoms with van der Waals surface area (Å²) in [5.41, 5.74) is 2.42. The molecule has 3 N–H and O–H groups in total. The number of amides is 1. The van der Waals surface area contributed by atoms with Gasteiger partial charge in [-0.05, 0) is 32.3 Å². The van der Waals surface area contributed by atoms with Gasteiger partial charge in [0.05, 0.1) is 6.17 Å². The van der Waals surface area contributed by atoms with Crippen LogP contribution in [-0.2, 0) is 4.79 Å². The number of hydrogen-bond acceptors (Lipinski definition) is 5. The maximum absolute atomic E-state index is 11.1. The van der Waals surface area contributed by atoms with E-state index in [1.54, 1.807) is 0 Å². The lowest BCUT2D eigenvalue weighted by atomic mass is 10.1. The van der Waals surface area contributed by atoms with Crippen molar-refractivity contribution in [1.29, 1.82) is 0 Å². The summed E-state index contributed by atoms with van der Waals surface area (Å²) in [5.74, 6) is 1.32. The van der Waals surface area contributed by atoms with E-state index in [0.717, 1.165) is 11.1 Å². The van der Waals surface area contributed by atoms with Gasteiger partial charge in [0.2, 0.25) is 6.41 Å². The molecule has 0 radical (unpaired) electrons. The van der Waals surface area contributed by atoms with Gasteiger partial charge < -0.3 is 25.4 Å². The van der Waals surface area contributed by atoms with Gasteiger partial charge in [-0.25, -0.2) is 0 Å². The van der Waals surface area contributed by atoms with E-state index in [-0.39, 0.29) is 6.17 Å². The minimum atomic E-state index is -0.582. The Morgan fingerprint density at radius 3 is 2.04 bits per heavy atom. The summed E-state index contributed by atoms with van der Waals surface area (Å²) >= 11 is 0. The number of benzene rings is 1. The van der Waals surface area contributed by atoms with Crippen molar-refractivity contribution in [2.75, 3.05) is 19.4 Å². The zero-order valence-electron chi connectivity index (χ0n) is 15.3. The molecule has 0 aromatic heterocycles. The molecule has 27 heavy (non-hydrogen) atoms. The fraction of sp³-hybridized carbons (Fsp3) is 0.190. The van der Waals surface area contributed by atoms with E-state index in [9.17, 15) is 4.79 Å². The third kappa shape index (κ3) is 4.36. The van der Waals surface area contributed by atoms with Gasteiger partial charge in [0, 0.05) is 16.8 Å². The molecule has 0 unspecified atom stereocenters. The molecule has 0 atom stereocenters. The summed E-state index contributed by atoms with van der Waals surface area (Å²) in [5, 5.41) is 9.06. The second-order valence-corrected chi connectivity index (χ2v) is 5.90. The van der Waals surface area contributed by atoms with Crippen LogP contribution >= 0.6 is 0 Å². The third-order valence-corrected chi connectivity index (χ3v) is 4.21. The van der Waals surface area contributed by atoms with Crippen molar-refractivity contribution in [2.45, 2.75) is 12.5 Å². The van der Waals surface area contributed by atoms with Crippen LogP contribution in [0.5, 0.6) is 11.5 Å². The van der Waals surface area contributed by atoms with Gasteiger partial charge in [-0.2, -0.15) is 0 Å². The molecule has 6 heteroatoms. The van der Waals surface area contributed by atoms with Crippen LogP contribution in [-0.4, -0.2) is 20.5 Å². The Bertz CT molecular complexity index is 816. The molecular formula is C21H23N3O3. The van der Waals surface area contributed by atoms with E-state index in [1.165, 1.54) is 0 Å². The number of ether oxygens (including phenoxy) is 2. The quantitative estimate of drug-likeness (QED) is 0.541. The Balaban J connectivity index is 1.93. The Morgan fingerprint density at radius 2 is 1.48 bits per heavy atom. The lowest BCUT2D eigenvalue weighted by Gasteiger charge is -2.20. The Morgan fingerprint density at radius 1 is 0.889 bits per heavy atom. The van der Waals surface area contributed by atoms with Gasteiger partial charge in [0.15, 0.2) is 11.5 Å². The van der Waals surface area contributed by atoms with Gasteiger partial charge in [-0.1, -0.05) is 48.5 Å². The van der Waals surface area contributed by atoms with Gasteiger partial charge in [-0.3, -0.25) is 4.79 Å². The van der Waals surface area contributed by atoms with E-state index < -0.39 is 6.29 Å². The molecule has 1 aliphatic heterocycles. The molecule has 2 aromatic carbocycles. The molecule has 3 rings (SSSR count). The van der Waals surface area contributed by atoms with Crippen molar-refractivity contribution in [3.8, 4) is 11.5 Å². The predicted octanol–water partition coefficient (Wildman–Crippen LogP) is 3.29. The Labute approximate surface area is 158 Å². The number of hydrogen-bond donors (Lipinski definition) is 3. The summed E-state index contributed by atoms with van der Waals surface area (Å²) in [4.78, 5) is 11.1. The number of carbonyl (C=O) groups is 1. The van der Waals surface area contributed by atoms with E-state index in [4.69, 9.17) is 9.47 Å². The minimum absolute atomic E-state index is 0.0952. The van der Waals surface area contributed by atoms with Crippen LogP contribution in [0.25, 0.3) is 0 Å². The van der Waals surface area contributed by atoms with Crippen LogP contribution in [0.15, 0.2) is 66.7 Å². The van der Waals surface area contributed by atoms with Crippen molar-refractivity contribution in [3.05, 3.63) is 77.9 Å². The Hall–Kier alpha value is -3.09. The fourth-order valence-electron chi connectivity index (χ4n) is 2.91. The van der Waals surface area contributed by atoms with Crippen molar-refractivity contribution in [1.82, 2.24) is 10.6 Å². The molecule has 0 saturated carbocycles. The lowest BCUT2D eigenvalue weighted by molar-refractivity contribution is -0.105. The number of carbonyl (C=O) groups excluding carboxylic acids is 1. The van der Waals surface area contributed by atoms with E-state index in [2.05, 4.69) is 16.0 Å². The van der Waals surface area contributed by atoms with Crippen LogP contribution in [0.2, 0.25) is 0 Å².